The second kappa shape index (κ2) is 7.21. The lowest BCUT2D eigenvalue weighted by Crippen LogP contribution is -2.33. The molecule has 1 aromatic carbocycles. The van der Waals surface area contributed by atoms with Gasteiger partial charge in [-0.3, -0.25) is 9.36 Å². The van der Waals surface area contributed by atoms with Crippen LogP contribution in [-0.4, -0.2) is 15.6 Å². The molecular weight excluding hydrogens is 354 g/mol. The summed E-state index contributed by atoms with van der Waals surface area (Å²) in [4.78, 5) is 20.1. The van der Waals surface area contributed by atoms with Gasteiger partial charge in [0.2, 0.25) is 0 Å². The minimum Gasteiger partial charge on any atom is -0.310 e. The number of rotatable bonds is 4. The Morgan fingerprint density at radius 2 is 1.96 bits per heavy atom. The first-order chi connectivity index (χ1) is 13.3. The van der Waals surface area contributed by atoms with Gasteiger partial charge in [0.25, 0.3) is 5.56 Å². The summed E-state index contributed by atoms with van der Waals surface area (Å²) in [5, 5.41) is 4.61. The highest BCUT2D eigenvalue weighted by Crippen LogP contribution is 2.35. The molecule has 1 atom stereocenters. The van der Waals surface area contributed by atoms with E-state index < -0.39 is 0 Å². The summed E-state index contributed by atoms with van der Waals surface area (Å²) in [6.45, 7) is 0.901. The summed E-state index contributed by atoms with van der Waals surface area (Å²) in [7, 11) is 0. The number of fused-ring (bicyclic) bond motifs is 3. The van der Waals surface area contributed by atoms with Crippen LogP contribution in [0.25, 0.3) is 10.2 Å². The van der Waals surface area contributed by atoms with Gasteiger partial charge in [0.1, 0.15) is 4.83 Å². The van der Waals surface area contributed by atoms with Crippen molar-refractivity contribution in [3.63, 3.8) is 0 Å². The van der Waals surface area contributed by atoms with E-state index >= 15 is 0 Å². The third kappa shape index (κ3) is 3.23. The Labute approximate surface area is 163 Å². The molecule has 3 aromatic rings. The van der Waals surface area contributed by atoms with E-state index in [0.717, 1.165) is 48.9 Å². The summed E-state index contributed by atoms with van der Waals surface area (Å²) in [5.74, 6) is 0. The molecule has 0 spiro atoms. The first-order valence-electron chi connectivity index (χ1n) is 10.1. The number of thiophene rings is 1. The van der Waals surface area contributed by atoms with Crippen LogP contribution in [0, 0.1) is 0 Å². The molecule has 0 saturated heterocycles. The number of hydrogen-bond acceptors (Lipinski definition) is 4. The van der Waals surface area contributed by atoms with E-state index in [4.69, 9.17) is 0 Å². The van der Waals surface area contributed by atoms with Crippen LogP contribution in [0.2, 0.25) is 0 Å². The second-order valence-corrected chi connectivity index (χ2v) is 8.97. The van der Waals surface area contributed by atoms with Gasteiger partial charge in [0, 0.05) is 23.5 Å². The summed E-state index contributed by atoms with van der Waals surface area (Å²) in [6.07, 6.45) is 9.56. The topological polar surface area (TPSA) is 46.9 Å². The number of benzene rings is 1. The minimum absolute atomic E-state index is 0.195. The summed E-state index contributed by atoms with van der Waals surface area (Å²) in [6, 6.07) is 11.4. The third-order valence-corrected chi connectivity index (χ3v) is 7.31. The van der Waals surface area contributed by atoms with Crippen LogP contribution in [0.15, 0.2) is 41.5 Å². The van der Waals surface area contributed by atoms with E-state index in [9.17, 15) is 4.79 Å². The molecule has 27 heavy (non-hydrogen) atoms. The van der Waals surface area contributed by atoms with Crippen LogP contribution in [-0.2, 0) is 19.4 Å². The van der Waals surface area contributed by atoms with Gasteiger partial charge in [-0.05, 0) is 43.2 Å². The molecule has 5 heteroatoms. The lowest BCUT2D eigenvalue weighted by molar-refractivity contribution is 0.462. The largest absolute Gasteiger partial charge is 0.310 e. The van der Waals surface area contributed by atoms with E-state index in [2.05, 4.69) is 40.6 Å². The molecule has 5 rings (SSSR count). The zero-order valence-electron chi connectivity index (χ0n) is 15.5. The Kier molecular flexibility index (Phi) is 4.58. The number of hydrogen-bond donors (Lipinski definition) is 1. The van der Waals surface area contributed by atoms with Gasteiger partial charge >= 0.3 is 0 Å². The van der Waals surface area contributed by atoms with Gasteiger partial charge in [0.15, 0.2) is 0 Å². The molecule has 2 aliphatic rings. The van der Waals surface area contributed by atoms with Crippen LogP contribution in [0.1, 0.15) is 54.1 Å². The predicted octanol–water partition coefficient (Wildman–Crippen LogP) is 4.22. The number of nitrogens with one attached hydrogen (secondary N) is 1. The van der Waals surface area contributed by atoms with Crippen molar-refractivity contribution >= 4 is 21.6 Å². The number of nitrogens with zero attached hydrogens (tertiary/aromatic N) is 2. The molecule has 2 aromatic heterocycles. The summed E-state index contributed by atoms with van der Waals surface area (Å²) < 4.78 is 1.92. The van der Waals surface area contributed by atoms with Crippen LogP contribution in [0.5, 0.6) is 0 Å². The van der Waals surface area contributed by atoms with Crippen LogP contribution >= 0.6 is 11.3 Å². The third-order valence-electron chi connectivity index (χ3n) is 6.15. The van der Waals surface area contributed by atoms with Gasteiger partial charge in [-0.15, -0.1) is 11.3 Å². The molecule has 0 radical (unpaired) electrons. The lowest BCUT2D eigenvalue weighted by Gasteiger charge is -2.23. The Balaban J connectivity index is 1.39. The molecule has 0 bridgehead atoms. The smallest absolute Gasteiger partial charge is 0.262 e. The summed E-state index contributed by atoms with van der Waals surface area (Å²) in [5.41, 5.74) is 2.79. The lowest BCUT2D eigenvalue weighted by atomic mass is 9.93. The van der Waals surface area contributed by atoms with Gasteiger partial charge < -0.3 is 5.32 Å². The van der Waals surface area contributed by atoms with Gasteiger partial charge in [-0.2, -0.15) is 0 Å². The molecule has 140 valence electrons. The Bertz CT molecular complexity index is 1000. The van der Waals surface area contributed by atoms with Gasteiger partial charge in [-0.25, -0.2) is 4.98 Å². The van der Waals surface area contributed by atoms with Gasteiger partial charge in [-0.1, -0.05) is 43.2 Å². The molecule has 4 nitrogen and oxygen atoms in total. The highest BCUT2D eigenvalue weighted by atomic mass is 32.1. The number of aromatic nitrogens is 2. The van der Waals surface area contributed by atoms with E-state index in [0.29, 0.717) is 12.1 Å². The van der Waals surface area contributed by atoms with E-state index in [1.54, 1.807) is 17.7 Å². The number of aryl methyl sites for hydroxylation is 1. The molecule has 2 aliphatic carbocycles. The monoisotopic (exact) mass is 379 g/mol. The standard InChI is InChI=1S/C22H25N3OS/c26-22-20-18-11-10-16(23-13-15-6-2-1-3-7-15)12-19(18)27-21(20)24-14-25(22)17-8-4-5-9-17/h1-3,6-7,14,16-17,23H,4-5,8-13H2. The van der Waals surface area contributed by atoms with Crippen molar-refractivity contribution in [3.8, 4) is 0 Å². The Hall–Kier alpha value is -1.98. The van der Waals surface area contributed by atoms with E-state index in [1.807, 2.05) is 4.57 Å². The molecule has 0 amide bonds. The maximum atomic E-state index is 13.2. The Morgan fingerprint density at radius 1 is 1.15 bits per heavy atom. The highest BCUT2D eigenvalue weighted by Gasteiger charge is 2.26. The van der Waals surface area contributed by atoms with Crippen molar-refractivity contribution in [1.82, 2.24) is 14.9 Å². The molecule has 0 aliphatic heterocycles. The fraction of sp³-hybridized carbons (Fsp3) is 0.455. The van der Waals surface area contributed by atoms with Crippen LogP contribution in [0.3, 0.4) is 0 Å². The molecule has 1 fully saturated rings. The first-order valence-corrected chi connectivity index (χ1v) is 10.9. The van der Waals surface area contributed by atoms with E-state index in [-0.39, 0.29) is 5.56 Å². The van der Waals surface area contributed by atoms with Crippen molar-refractivity contribution in [2.24, 2.45) is 0 Å². The van der Waals surface area contributed by atoms with Crippen LogP contribution in [0.4, 0.5) is 0 Å². The van der Waals surface area contributed by atoms with E-state index in [1.165, 1.54) is 28.8 Å². The molecule has 1 unspecified atom stereocenters. The highest BCUT2D eigenvalue weighted by molar-refractivity contribution is 7.18. The fourth-order valence-corrected chi connectivity index (χ4v) is 5.91. The van der Waals surface area contributed by atoms with Crippen molar-refractivity contribution in [1.29, 1.82) is 0 Å². The van der Waals surface area contributed by atoms with Crippen molar-refractivity contribution in [3.05, 3.63) is 63.0 Å². The fourth-order valence-electron chi connectivity index (χ4n) is 4.65. The maximum absolute atomic E-state index is 13.2. The minimum atomic E-state index is 0.195. The Morgan fingerprint density at radius 3 is 2.78 bits per heavy atom. The summed E-state index contributed by atoms with van der Waals surface area (Å²) >= 11 is 1.73. The van der Waals surface area contributed by atoms with Crippen molar-refractivity contribution in [2.75, 3.05) is 0 Å². The SMILES string of the molecule is O=c1c2c3c(sc2ncn1C1CCCC1)CC(NCc1ccccc1)CC3. The van der Waals surface area contributed by atoms with Crippen molar-refractivity contribution in [2.45, 2.75) is 63.6 Å². The van der Waals surface area contributed by atoms with Gasteiger partial charge in [0.05, 0.1) is 11.7 Å². The molecular formula is C22H25N3OS. The average molecular weight is 380 g/mol. The molecule has 1 N–H and O–H groups in total. The average Bonchev–Trinajstić information content (AvgIpc) is 3.35. The molecule has 2 heterocycles. The maximum Gasteiger partial charge on any atom is 0.262 e. The quantitative estimate of drug-likeness (QED) is 0.738. The molecule has 1 saturated carbocycles. The van der Waals surface area contributed by atoms with Crippen molar-refractivity contribution < 1.29 is 0 Å². The second-order valence-electron chi connectivity index (χ2n) is 7.89. The zero-order chi connectivity index (χ0) is 18.2. The normalized spacial score (nSPS) is 20.2. The van der Waals surface area contributed by atoms with Crippen LogP contribution < -0.4 is 10.9 Å². The first kappa shape index (κ1) is 17.1. The zero-order valence-corrected chi connectivity index (χ0v) is 16.3. The predicted molar refractivity (Wildman–Crippen MR) is 110 cm³/mol.